The maximum atomic E-state index is 14.0. The fraction of sp³-hybridized carbons (Fsp3) is 0.513. The summed E-state index contributed by atoms with van der Waals surface area (Å²) in [5.74, 6) is 0.738. The summed E-state index contributed by atoms with van der Waals surface area (Å²) < 4.78 is 28.6. The number of anilines is 3. The molecule has 2 aliphatic heterocycles. The van der Waals surface area contributed by atoms with Crippen LogP contribution in [0.4, 0.5) is 26.0 Å². The second-order valence-corrected chi connectivity index (χ2v) is 15.3. The number of nitrogens with zero attached hydrogens (tertiary/aromatic N) is 5. The van der Waals surface area contributed by atoms with Gasteiger partial charge in [0.25, 0.3) is 6.43 Å². The van der Waals surface area contributed by atoms with Crippen LogP contribution in [-0.2, 0) is 10.2 Å². The van der Waals surface area contributed by atoms with E-state index in [0.717, 1.165) is 59.3 Å². The topological polar surface area (TPSA) is 98.6 Å². The first kappa shape index (κ1) is 34.5. The fourth-order valence-electron chi connectivity index (χ4n) is 7.91. The van der Waals surface area contributed by atoms with Crippen LogP contribution >= 0.6 is 0 Å². The Hall–Kier alpha value is -3.93. The van der Waals surface area contributed by atoms with E-state index in [-0.39, 0.29) is 18.0 Å². The van der Waals surface area contributed by atoms with Crippen LogP contribution in [0, 0.1) is 6.92 Å². The number of aliphatic hydroxyl groups is 1. The molecule has 1 saturated heterocycles. The second kappa shape index (κ2) is 13.3. The first-order chi connectivity index (χ1) is 23.8. The number of amides is 1. The van der Waals surface area contributed by atoms with E-state index >= 15 is 0 Å². The molecule has 1 saturated carbocycles. The number of halogens is 2. The summed E-state index contributed by atoms with van der Waals surface area (Å²) in [4.78, 5) is 28.5. The standard InChI is InChI=1S/C39H49F2N7O2/c1-22(2)47-21-42-32-20-31(45-36(34(32)47)44-26-12-10-23(3)29(17-26)37(49)43-24(4)35(40)41)25-11-13-30-33(16-25)48(38(50)39(30,5)6)28-18-27(19-28)46-14-8-7-9-15-46/h10-13,16-17,20-22,24,27-28,35,37,43,49H,7-9,14-15,18-19H2,1-6H3,(H,44,45)/t24-,27-,28+,37?/m0/s1. The smallest absolute Gasteiger partial charge is 0.253 e. The minimum absolute atomic E-state index is 0.113. The second-order valence-electron chi connectivity index (χ2n) is 15.3. The number of hydrogen-bond acceptors (Lipinski definition) is 7. The van der Waals surface area contributed by atoms with E-state index in [9.17, 15) is 18.7 Å². The van der Waals surface area contributed by atoms with Crippen LogP contribution in [0.25, 0.3) is 22.3 Å². The summed E-state index contributed by atoms with van der Waals surface area (Å²) in [6.07, 6.45) is 3.77. The number of aliphatic hydroxyl groups excluding tert-OH is 1. The molecule has 2 atom stereocenters. The molecule has 2 fully saturated rings. The molecule has 0 spiro atoms. The number of imidazole rings is 1. The zero-order chi connectivity index (χ0) is 35.5. The van der Waals surface area contributed by atoms with Gasteiger partial charge in [0.05, 0.1) is 29.0 Å². The van der Waals surface area contributed by atoms with Crippen molar-refractivity contribution in [1.29, 1.82) is 0 Å². The van der Waals surface area contributed by atoms with Crippen molar-refractivity contribution in [3.05, 3.63) is 65.5 Å². The van der Waals surface area contributed by atoms with Crippen LogP contribution < -0.4 is 15.5 Å². The maximum Gasteiger partial charge on any atom is 0.253 e. The number of alkyl halides is 2. The lowest BCUT2D eigenvalue weighted by molar-refractivity contribution is -0.123. The van der Waals surface area contributed by atoms with Crippen LogP contribution in [0.3, 0.4) is 0 Å². The summed E-state index contributed by atoms with van der Waals surface area (Å²) in [6, 6.07) is 13.4. The number of carbonyl (C=O) groups excluding carboxylic acids is 1. The number of likely N-dealkylation sites (tertiary alicyclic amines) is 1. The number of fused-ring (bicyclic) bond motifs is 2. The predicted molar refractivity (Wildman–Crippen MR) is 194 cm³/mol. The van der Waals surface area contributed by atoms with Gasteiger partial charge in [0, 0.05) is 40.6 Å². The summed E-state index contributed by atoms with van der Waals surface area (Å²) in [5, 5.41) is 16.9. The van der Waals surface area contributed by atoms with Gasteiger partial charge in [-0.3, -0.25) is 10.1 Å². The Morgan fingerprint density at radius 1 is 0.980 bits per heavy atom. The van der Waals surface area contributed by atoms with E-state index in [0.29, 0.717) is 28.8 Å². The Balaban J connectivity index is 1.23. The number of nitrogens with one attached hydrogen (secondary N) is 2. The van der Waals surface area contributed by atoms with Crippen LogP contribution in [0.15, 0.2) is 48.8 Å². The average molecular weight is 686 g/mol. The van der Waals surface area contributed by atoms with E-state index in [4.69, 9.17) is 9.97 Å². The van der Waals surface area contributed by atoms with Crippen LogP contribution in [-0.4, -0.2) is 68.1 Å². The van der Waals surface area contributed by atoms with Crippen LogP contribution in [0.1, 0.15) is 95.7 Å². The van der Waals surface area contributed by atoms with Gasteiger partial charge < -0.3 is 24.8 Å². The zero-order valence-electron chi connectivity index (χ0n) is 29.9. The van der Waals surface area contributed by atoms with Gasteiger partial charge in [0.15, 0.2) is 5.82 Å². The van der Waals surface area contributed by atoms with Crippen molar-refractivity contribution in [3.63, 3.8) is 0 Å². The molecule has 3 N–H and O–H groups in total. The Morgan fingerprint density at radius 2 is 1.72 bits per heavy atom. The van der Waals surface area contributed by atoms with Crippen molar-refractivity contribution in [2.45, 2.75) is 116 Å². The molecule has 0 bridgehead atoms. The first-order valence-corrected chi connectivity index (χ1v) is 18.0. The van der Waals surface area contributed by atoms with Gasteiger partial charge in [0.1, 0.15) is 11.7 Å². The molecule has 1 aliphatic carbocycles. The van der Waals surface area contributed by atoms with Crippen molar-refractivity contribution in [3.8, 4) is 11.3 Å². The van der Waals surface area contributed by atoms with Gasteiger partial charge in [-0.15, -0.1) is 0 Å². The molecule has 0 radical (unpaired) electrons. The molecule has 9 nitrogen and oxygen atoms in total. The van der Waals surface area contributed by atoms with Crippen LogP contribution in [0.5, 0.6) is 0 Å². The average Bonchev–Trinajstić information content (AvgIpc) is 3.59. The number of piperidine rings is 1. The van der Waals surface area contributed by atoms with Crippen molar-refractivity contribution < 1.29 is 18.7 Å². The predicted octanol–water partition coefficient (Wildman–Crippen LogP) is 7.61. The Labute approximate surface area is 293 Å². The number of benzene rings is 2. The maximum absolute atomic E-state index is 14.0. The van der Waals surface area contributed by atoms with E-state index in [2.05, 4.69) is 51.0 Å². The Morgan fingerprint density at radius 3 is 2.42 bits per heavy atom. The number of rotatable bonds is 10. The van der Waals surface area contributed by atoms with Gasteiger partial charge in [-0.2, -0.15) is 0 Å². The number of pyridine rings is 1. The molecule has 266 valence electrons. The van der Waals surface area contributed by atoms with E-state index in [1.54, 1.807) is 6.07 Å². The summed E-state index contributed by atoms with van der Waals surface area (Å²) >= 11 is 0. The third kappa shape index (κ3) is 6.17. The first-order valence-electron chi connectivity index (χ1n) is 18.0. The van der Waals surface area contributed by atoms with E-state index < -0.39 is 24.1 Å². The highest BCUT2D eigenvalue weighted by Crippen LogP contribution is 2.48. The minimum Gasteiger partial charge on any atom is -0.374 e. The molecule has 4 heterocycles. The largest absolute Gasteiger partial charge is 0.374 e. The van der Waals surface area contributed by atoms with Crippen molar-refractivity contribution in [2.24, 2.45) is 0 Å². The van der Waals surface area contributed by atoms with Crippen LogP contribution in [0.2, 0.25) is 0 Å². The minimum atomic E-state index is -2.61. The molecule has 2 aromatic heterocycles. The quantitative estimate of drug-likeness (QED) is 0.148. The summed E-state index contributed by atoms with van der Waals surface area (Å²) in [5.41, 5.74) is 6.51. The monoisotopic (exact) mass is 685 g/mol. The lowest BCUT2D eigenvalue weighted by atomic mass is 9.82. The Bertz CT molecular complexity index is 1890. The molecule has 7 rings (SSSR count). The normalized spacial score (nSPS) is 21.9. The molecule has 2 aromatic carbocycles. The molecule has 3 aliphatic rings. The molecule has 1 amide bonds. The zero-order valence-corrected chi connectivity index (χ0v) is 29.9. The highest BCUT2D eigenvalue weighted by molar-refractivity contribution is 6.08. The van der Waals surface area contributed by atoms with E-state index in [1.807, 2.05) is 51.4 Å². The van der Waals surface area contributed by atoms with E-state index in [1.165, 1.54) is 26.2 Å². The number of aromatic nitrogens is 3. The third-order valence-corrected chi connectivity index (χ3v) is 11.1. The highest BCUT2D eigenvalue weighted by Gasteiger charge is 2.50. The van der Waals surface area contributed by atoms with Crippen molar-refractivity contribution >= 4 is 34.1 Å². The summed E-state index contributed by atoms with van der Waals surface area (Å²) in [6.45, 7) is 13.7. The molecule has 1 unspecified atom stereocenters. The van der Waals surface area contributed by atoms with Gasteiger partial charge in [0.2, 0.25) is 5.91 Å². The third-order valence-electron chi connectivity index (χ3n) is 11.1. The number of hydrogen-bond donors (Lipinski definition) is 3. The SMILES string of the molecule is Cc1ccc(Nc2nc(-c3ccc4c(c3)N([C@H]3C[C@@H](N5CCCCC5)C3)C(=O)C4(C)C)cc3ncn(C(C)C)c23)cc1C(O)N[C@@H](C)C(F)F. The molecule has 50 heavy (non-hydrogen) atoms. The number of aryl methyl sites for hydroxylation is 1. The lowest BCUT2D eigenvalue weighted by Gasteiger charge is -2.48. The molecular weight excluding hydrogens is 636 g/mol. The number of carbonyl (C=O) groups is 1. The Kier molecular flexibility index (Phi) is 9.19. The fourth-order valence-corrected chi connectivity index (χ4v) is 7.91. The lowest BCUT2D eigenvalue weighted by Crippen LogP contribution is -2.57. The van der Waals surface area contributed by atoms with Gasteiger partial charge in [-0.05, 0) is 116 Å². The van der Waals surface area contributed by atoms with Crippen molar-refractivity contribution in [2.75, 3.05) is 23.3 Å². The molecular formula is C39H49F2N7O2. The summed E-state index contributed by atoms with van der Waals surface area (Å²) in [7, 11) is 0. The van der Waals surface area contributed by atoms with Crippen molar-refractivity contribution in [1.82, 2.24) is 24.8 Å². The van der Waals surface area contributed by atoms with Gasteiger partial charge in [-0.25, -0.2) is 18.7 Å². The molecule has 11 heteroatoms. The van der Waals surface area contributed by atoms with Gasteiger partial charge >= 0.3 is 0 Å². The highest BCUT2D eigenvalue weighted by atomic mass is 19.3. The van der Waals surface area contributed by atoms with Gasteiger partial charge in [-0.1, -0.05) is 24.6 Å². The molecule has 4 aromatic rings.